The number of hydrogen-bond donors (Lipinski definition) is 1. The molecule has 0 fully saturated rings. The maximum absolute atomic E-state index is 11.7. The number of carbonyl (C=O) groups is 1. The molecule has 1 amide bonds. The molecule has 0 aliphatic rings. The zero-order valence-electron chi connectivity index (χ0n) is 13.3. The summed E-state index contributed by atoms with van der Waals surface area (Å²) in [5.41, 5.74) is 5.47. The lowest BCUT2D eigenvalue weighted by atomic mass is 10.1. The largest absolute Gasteiger partial charge is 0.483 e. The molecular weight excluding hydrogens is 288 g/mol. The van der Waals surface area contributed by atoms with E-state index in [4.69, 9.17) is 4.74 Å². The number of nitrogens with zero attached hydrogens (tertiary/aromatic N) is 1. The molecule has 1 N–H and O–H groups in total. The number of aryl methyl sites for hydroxylation is 1. The van der Waals surface area contributed by atoms with Gasteiger partial charge in [-0.05, 0) is 36.6 Å². The van der Waals surface area contributed by atoms with Crippen LogP contribution in [0.15, 0.2) is 65.3 Å². The van der Waals surface area contributed by atoms with Crippen LogP contribution < -0.4 is 10.2 Å². The SMILES string of the molecule is CC(=Cc1ccccc1)/C=N\NC(=O)COc1ccccc1C. The third-order valence-electron chi connectivity index (χ3n) is 3.10. The second-order valence-corrected chi connectivity index (χ2v) is 5.15. The third-order valence-corrected chi connectivity index (χ3v) is 3.10. The van der Waals surface area contributed by atoms with Gasteiger partial charge in [-0.1, -0.05) is 54.6 Å². The van der Waals surface area contributed by atoms with Crippen molar-refractivity contribution in [2.45, 2.75) is 13.8 Å². The summed E-state index contributed by atoms with van der Waals surface area (Å²) >= 11 is 0. The number of allylic oxidation sites excluding steroid dienone is 1. The Hall–Kier alpha value is -2.88. The molecule has 0 saturated heterocycles. The minimum atomic E-state index is -0.294. The van der Waals surface area contributed by atoms with E-state index in [1.54, 1.807) is 6.21 Å². The quantitative estimate of drug-likeness (QED) is 0.655. The van der Waals surface area contributed by atoms with Gasteiger partial charge in [0.05, 0.1) is 6.21 Å². The molecule has 0 heterocycles. The van der Waals surface area contributed by atoms with E-state index in [9.17, 15) is 4.79 Å². The van der Waals surface area contributed by atoms with Crippen molar-refractivity contribution in [2.24, 2.45) is 5.10 Å². The maximum Gasteiger partial charge on any atom is 0.277 e. The van der Waals surface area contributed by atoms with E-state index in [2.05, 4.69) is 10.5 Å². The molecule has 0 bridgehead atoms. The van der Waals surface area contributed by atoms with E-state index >= 15 is 0 Å². The summed E-state index contributed by atoms with van der Waals surface area (Å²) in [6.07, 6.45) is 3.60. The number of hydrogen-bond acceptors (Lipinski definition) is 3. The Kier molecular flexibility index (Phi) is 6.12. The second kappa shape index (κ2) is 8.54. The summed E-state index contributed by atoms with van der Waals surface area (Å²) < 4.78 is 5.45. The molecule has 0 radical (unpaired) electrons. The topological polar surface area (TPSA) is 50.7 Å². The number of carbonyl (C=O) groups excluding carboxylic acids is 1. The Balaban J connectivity index is 1.80. The Morgan fingerprint density at radius 2 is 1.83 bits per heavy atom. The second-order valence-electron chi connectivity index (χ2n) is 5.15. The zero-order chi connectivity index (χ0) is 16.5. The molecule has 0 unspecified atom stereocenters. The van der Waals surface area contributed by atoms with Gasteiger partial charge in [0, 0.05) is 0 Å². The Morgan fingerprint density at radius 3 is 2.57 bits per heavy atom. The van der Waals surface area contributed by atoms with Crippen LogP contribution in [0.25, 0.3) is 6.08 Å². The van der Waals surface area contributed by atoms with Crippen LogP contribution in [0, 0.1) is 6.92 Å². The lowest BCUT2D eigenvalue weighted by molar-refractivity contribution is -0.123. The van der Waals surface area contributed by atoms with Gasteiger partial charge in [0.2, 0.25) is 0 Å². The zero-order valence-corrected chi connectivity index (χ0v) is 13.3. The van der Waals surface area contributed by atoms with Gasteiger partial charge in [0.1, 0.15) is 5.75 Å². The summed E-state index contributed by atoms with van der Waals surface area (Å²) in [5, 5.41) is 3.93. The fraction of sp³-hybridized carbons (Fsp3) is 0.158. The molecular formula is C19H20N2O2. The third kappa shape index (κ3) is 5.79. The summed E-state index contributed by atoms with van der Waals surface area (Å²) in [6, 6.07) is 17.5. The number of benzene rings is 2. The lowest BCUT2D eigenvalue weighted by Crippen LogP contribution is -2.24. The van der Waals surface area contributed by atoms with Crippen LogP contribution in [0.2, 0.25) is 0 Å². The summed E-state index contributed by atoms with van der Waals surface area (Å²) in [7, 11) is 0. The molecule has 0 aliphatic heterocycles. The first kappa shape index (κ1) is 16.5. The van der Waals surface area contributed by atoms with Crippen molar-refractivity contribution < 1.29 is 9.53 Å². The van der Waals surface area contributed by atoms with Crippen molar-refractivity contribution in [3.05, 3.63) is 71.3 Å². The van der Waals surface area contributed by atoms with Gasteiger partial charge >= 0.3 is 0 Å². The average molecular weight is 308 g/mol. The standard InChI is InChI=1S/C19H20N2O2/c1-15(12-17-9-4-3-5-10-17)13-20-21-19(22)14-23-18-11-7-6-8-16(18)2/h3-13H,14H2,1-2H3,(H,21,22)/b15-12?,20-13-. The van der Waals surface area contributed by atoms with Crippen LogP contribution >= 0.6 is 0 Å². The monoisotopic (exact) mass is 308 g/mol. The van der Waals surface area contributed by atoms with Gasteiger partial charge in [0.25, 0.3) is 5.91 Å². The summed E-state index contributed by atoms with van der Waals surface area (Å²) in [5.74, 6) is 0.406. The number of hydrazone groups is 1. The van der Waals surface area contributed by atoms with Gasteiger partial charge in [-0.15, -0.1) is 0 Å². The lowest BCUT2D eigenvalue weighted by Gasteiger charge is -2.07. The first-order valence-corrected chi connectivity index (χ1v) is 7.39. The van der Waals surface area contributed by atoms with Crippen LogP contribution in [0.5, 0.6) is 5.75 Å². The molecule has 118 valence electrons. The van der Waals surface area contributed by atoms with Gasteiger partial charge in [0.15, 0.2) is 6.61 Å². The summed E-state index contributed by atoms with van der Waals surface area (Å²) in [6.45, 7) is 3.79. The molecule has 2 aromatic rings. The van der Waals surface area contributed by atoms with E-state index in [1.165, 1.54) is 0 Å². The molecule has 4 heteroatoms. The van der Waals surface area contributed by atoms with E-state index in [1.807, 2.05) is 74.5 Å². The highest BCUT2D eigenvalue weighted by atomic mass is 16.5. The van der Waals surface area contributed by atoms with Gasteiger partial charge in [-0.3, -0.25) is 4.79 Å². The average Bonchev–Trinajstić information content (AvgIpc) is 2.55. The summed E-state index contributed by atoms with van der Waals surface area (Å²) in [4.78, 5) is 11.7. The van der Waals surface area contributed by atoms with Crippen molar-refractivity contribution >= 4 is 18.2 Å². The number of para-hydroxylation sites is 1. The number of rotatable bonds is 6. The predicted octanol–water partition coefficient (Wildman–Crippen LogP) is 3.58. The predicted molar refractivity (Wildman–Crippen MR) is 93.4 cm³/mol. The fourth-order valence-corrected chi connectivity index (χ4v) is 1.95. The maximum atomic E-state index is 11.7. The highest BCUT2D eigenvalue weighted by Gasteiger charge is 2.02. The molecule has 2 aromatic carbocycles. The number of nitrogens with one attached hydrogen (secondary N) is 1. The minimum Gasteiger partial charge on any atom is -0.483 e. The first-order chi connectivity index (χ1) is 11.1. The smallest absolute Gasteiger partial charge is 0.277 e. The van der Waals surface area contributed by atoms with Gasteiger partial charge in [-0.25, -0.2) is 5.43 Å². The van der Waals surface area contributed by atoms with E-state index in [-0.39, 0.29) is 12.5 Å². The Morgan fingerprint density at radius 1 is 1.13 bits per heavy atom. The van der Waals surface area contributed by atoms with Gasteiger partial charge < -0.3 is 4.74 Å². The minimum absolute atomic E-state index is 0.0658. The van der Waals surface area contributed by atoms with E-state index in [0.29, 0.717) is 5.75 Å². The Labute approximate surface area is 136 Å². The highest BCUT2D eigenvalue weighted by Crippen LogP contribution is 2.15. The van der Waals surface area contributed by atoms with Crippen molar-refractivity contribution in [3.8, 4) is 5.75 Å². The molecule has 0 aromatic heterocycles. The van der Waals surface area contributed by atoms with Gasteiger partial charge in [-0.2, -0.15) is 5.10 Å². The molecule has 0 spiro atoms. The van der Waals surface area contributed by atoms with Crippen molar-refractivity contribution in [3.63, 3.8) is 0 Å². The van der Waals surface area contributed by atoms with Crippen molar-refractivity contribution in [2.75, 3.05) is 6.61 Å². The molecule has 2 rings (SSSR count). The number of amides is 1. The Bertz CT molecular complexity index is 706. The first-order valence-electron chi connectivity index (χ1n) is 7.39. The van der Waals surface area contributed by atoms with Crippen molar-refractivity contribution in [1.29, 1.82) is 0 Å². The fourth-order valence-electron chi connectivity index (χ4n) is 1.95. The van der Waals surface area contributed by atoms with Crippen LogP contribution in [0.3, 0.4) is 0 Å². The molecule has 0 aliphatic carbocycles. The van der Waals surface area contributed by atoms with Crippen LogP contribution in [-0.2, 0) is 4.79 Å². The van der Waals surface area contributed by atoms with Crippen LogP contribution in [-0.4, -0.2) is 18.7 Å². The highest BCUT2D eigenvalue weighted by molar-refractivity contribution is 5.86. The molecule has 23 heavy (non-hydrogen) atoms. The molecule has 4 nitrogen and oxygen atoms in total. The number of ether oxygens (including phenoxy) is 1. The molecule has 0 atom stereocenters. The van der Waals surface area contributed by atoms with E-state index in [0.717, 1.165) is 16.7 Å². The molecule has 0 saturated carbocycles. The van der Waals surface area contributed by atoms with Crippen LogP contribution in [0.1, 0.15) is 18.1 Å². The van der Waals surface area contributed by atoms with Crippen molar-refractivity contribution in [1.82, 2.24) is 5.43 Å². The van der Waals surface area contributed by atoms with E-state index < -0.39 is 0 Å². The normalized spacial score (nSPS) is 11.5. The van der Waals surface area contributed by atoms with Crippen LogP contribution in [0.4, 0.5) is 0 Å².